The van der Waals surface area contributed by atoms with Crippen molar-refractivity contribution >= 4 is 32.2 Å². The van der Waals surface area contributed by atoms with Crippen molar-refractivity contribution in [1.82, 2.24) is 24.3 Å². The third-order valence-corrected chi connectivity index (χ3v) is 8.45. The number of oxime groups is 1. The van der Waals surface area contributed by atoms with E-state index in [0.717, 1.165) is 0 Å². The SMILES string of the molecule is CC/C=N/OP(OC1C(c2cnn3c(NC(=O)c4ccccc4)ncnc23)OC(CO)C1OC)N(C(C)C)C(C)C. The van der Waals surface area contributed by atoms with Gasteiger partial charge in [-0.3, -0.25) is 10.1 Å². The monoisotopic (exact) mass is 587 g/mol. The number of aliphatic hydroxyl groups excluding tert-OH is 1. The third-order valence-electron chi connectivity index (χ3n) is 6.49. The van der Waals surface area contributed by atoms with Gasteiger partial charge in [-0.1, -0.05) is 30.3 Å². The molecule has 1 aliphatic rings. The summed E-state index contributed by atoms with van der Waals surface area (Å²) in [6, 6.07) is 8.99. The van der Waals surface area contributed by atoms with Gasteiger partial charge in [-0.05, 0) is 46.2 Å². The Labute approximate surface area is 240 Å². The van der Waals surface area contributed by atoms with E-state index in [1.54, 1.807) is 43.8 Å². The Kier molecular flexibility index (Phi) is 10.7. The van der Waals surface area contributed by atoms with E-state index in [2.05, 4.69) is 57.9 Å². The second-order valence-corrected chi connectivity index (χ2v) is 11.3. The minimum atomic E-state index is -1.69. The molecule has 1 fully saturated rings. The van der Waals surface area contributed by atoms with Crippen molar-refractivity contribution in [1.29, 1.82) is 0 Å². The van der Waals surface area contributed by atoms with E-state index in [9.17, 15) is 9.90 Å². The highest BCUT2D eigenvalue weighted by atomic mass is 31.2. The molecule has 5 unspecified atom stereocenters. The number of aromatic nitrogens is 4. The molecule has 0 bridgehead atoms. The van der Waals surface area contributed by atoms with Crippen LogP contribution in [-0.2, 0) is 18.6 Å². The van der Waals surface area contributed by atoms with Gasteiger partial charge in [0.25, 0.3) is 5.91 Å². The molecule has 3 aromatic rings. The summed E-state index contributed by atoms with van der Waals surface area (Å²) >= 11 is 0. The summed E-state index contributed by atoms with van der Waals surface area (Å²) in [5.74, 6) is -0.142. The predicted molar refractivity (Wildman–Crippen MR) is 154 cm³/mol. The van der Waals surface area contributed by atoms with Crippen LogP contribution in [0.3, 0.4) is 0 Å². The lowest BCUT2D eigenvalue weighted by molar-refractivity contribution is -0.0358. The van der Waals surface area contributed by atoms with Gasteiger partial charge in [0.2, 0.25) is 5.95 Å². The summed E-state index contributed by atoms with van der Waals surface area (Å²) in [5.41, 5.74) is 1.47. The molecule has 0 radical (unpaired) electrons. The number of benzene rings is 1. The number of aliphatic hydroxyl groups is 1. The lowest BCUT2D eigenvalue weighted by atomic mass is 10.0. The molecule has 0 spiro atoms. The molecule has 4 rings (SSSR count). The van der Waals surface area contributed by atoms with Crippen LogP contribution in [0.15, 0.2) is 48.0 Å². The standard InChI is InChI=1S/C27H38N7O6P/c1-7-13-31-40-41(34(17(2)3)18(4)5)39-24-22(38-21(15-35)23(24)37-6)20-14-30-33-25(20)28-16-29-27(33)32-26(36)19-11-9-8-10-12-19/h8-14,16-18,21-24,35H,7,15H2,1-6H3,(H,28,29,32,36)/b31-13+. The quantitative estimate of drug-likeness (QED) is 0.171. The molecule has 1 aromatic carbocycles. The summed E-state index contributed by atoms with van der Waals surface area (Å²) in [7, 11) is -0.147. The van der Waals surface area contributed by atoms with E-state index >= 15 is 0 Å². The van der Waals surface area contributed by atoms with Gasteiger partial charge in [-0.2, -0.15) is 9.61 Å². The van der Waals surface area contributed by atoms with Crippen molar-refractivity contribution in [2.75, 3.05) is 19.0 Å². The Morgan fingerprint density at radius 1 is 1.22 bits per heavy atom. The first-order chi connectivity index (χ1) is 19.8. The molecule has 14 heteroatoms. The minimum Gasteiger partial charge on any atom is -0.394 e. The van der Waals surface area contributed by atoms with Gasteiger partial charge in [-0.25, -0.2) is 14.6 Å². The molecule has 1 saturated heterocycles. The van der Waals surface area contributed by atoms with Crippen molar-refractivity contribution in [3.63, 3.8) is 0 Å². The van der Waals surface area contributed by atoms with Crippen molar-refractivity contribution in [2.45, 2.75) is 77.5 Å². The molecule has 41 heavy (non-hydrogen) atoms. The zero-order chi connectivity index (χ0) is 29.5. The first-order valence-corrected chi connectivity index (χ1v) is 14.7. The lowest BCUT2D eigenvalue weighted by Crippen LogP contribution is -2.39. The smallest absolute Gasteiger partial charge is 0.347 e. The number of carbonyl (C=O) groups excluding carboxylic acids is 1. The van der Waals surface area contributed by atoms with Crippen LogP contribution in [0.4, 0.5) is 5.95 Å². The molecule has 1 amide bonds. The van der Waals surface area contributed by atoms with Gasteiger partial charge >= 0.3 is 8.53 Å². The van der Waals surface area contributed by atoms with Crippen LogP contribution in [0.1, 0.15) is 63.1 Å². The van der Waals surface area contributed by atoms with Crippen LogP contribution < -0.4 is 5.32 Å². The molecular weight excluding hydrogens is 549 g/mol. The normalized spacial score (nSPS) is 21.9. The van der Waals surface area contributed by atoms with E-state index in [1.165, 1.54) is 10.8 Å². The highest BCUT2D eigenvalue weighted by Crippen LogP contribution is 2.52. The predicted octanol–water partition coefficient (Wildman–Crippen LogP) is 3.97. The number of anilines is 1. The summed E-state index contributed by atoms with van der Waals surface area (Å²) in [6.45, 7) is 9.93. The maximum atomic E-state index is 12.8. The number of rotatable bonds is 13. The Hall–Kier alpha value is -3.06. The topological polar surface area (TPSA) is 145 Å². The highest BCUT2D eigenvalue weighted by molar-refractivity contribution is 7.44. The van der Waals surface area contributed by atoms with Crippen LogP contribution in [0, 0.1) is 0 Å². The highest BCUT2D eigenvalue weighted by Gasteiger charge is 2.50. The maximum absolute atomic E-state index is 12.8. The van der Waals surface area contributed by atoms with E-state index in [0.29, 0.717) is 23.2 Å². The maximum Gasteiger partial charge on any atom is 0.347 e. The van der Waals surface area contributed by atoms with E-state index in [4.69, 9.17) is 18.6 Å². The second-order valence-electron chi connectivity index (χ2n) is 9.98. The third kappa shape index (κ3) is 6.88. The molecule has 222 valence electrons. The van der Waals surface area contributed by atoms with Gasteiger partial charge in [-0.15, -0.1) is 0 Å². The number of amides is 1. The minimum absolute atomic E-state index is 0.0915. The van der Waals surface area contributed by atoms with E-state index in [1.807, 2.05) is 13.0 Å². The molecule has 5 atom stereocenters. The zero-order valence-electron chi connectivity index (χ0n) is 24.1. The lowest BCUT2D eigenvalue weighted by Gasteiger charge is -2.36. The summed E-state index contributed by atoms with van der Waals surface area (Å²) in [6.07, 6.45) is 2.60. The Bertz CT molecular complexity index is 1300. The fourth-order valence-electron chi connectivity index (χ4n) is 4.75. The van der Waals surface area contributed by atoms with Gasteiger partial charge in [0, 0.05) is 36.5 Å². The molecule has 1 aliphatic heterocycles. The second kappa shape index (κ2) is 14.2. The van der Waals surface area contributed by atoms with Crippen LogP contribution in [-0.4, -0.2) is 85.6 Å². The molecule has 0 saturated carbocycles. The number of methoxy groups -OCH3 is 1. The average molecular weight is 588 g/mol. The van der Waals surface area contributed by atoms with Crippen molar-refractivity contribution in [2.24, 2.45) is 5.16 Å². The number of hydrogen-bond donors (Lipinski definition) is 2. The van der Waals surface area contributed by atoms with Gasteiger partial charge in [0.15, 0.2) is 5.65 Å². The summed E-state index contributed by atoms with van der Waals surface area (Å²) < 4.78 is 28.2. The molecule has 2 N–H and O–H groups in total. The van der Waals surface area contributed by atoms with Crippen LogP contribution in [0.25, 0.3) is 5.65 Å². The largest absolute Gasteiger partial charge is 0.394 e. The Morgan fingerprint density at radius 3 is 2.59 bits per heavy atom. The average Bonchev–Trinajstić information content (AvgIpc) is 3.54. The Morgan fingerprint density at radius 2 is 1.95 bits per heavy atom. The molecular formula is C27H38N7O6P. The summed E-state index contributed by atoms with van der Waals surface area (Å²) in [4.78, 5) is 21.5. The van der Waals surface area contributed by atoms with Crippen LogP contribution in [0.5, 0.6) is 0 Å². The van der Waals surface area contributed by atoms with Crippen molar-refractivity contribution < 1.29 is 28.5 Å². The van der Waals surface area contributed by atoms with E-state index in [-0.39, 0.29) is 30.5 Å². The number of ether oxygens (including phenoxy) is 2. The van der Waals surface area contributed by atoms with Crippen molar-refractivity contribution in [3.05, 3.63) is 54.0 Å². The van der Waals surface area contributed by atoms with Crippen LogP contribution in [0.2, 0.25) is 0 Å². The molecule has 2 aromatic heterocycles. The van der Waals surface area contributed by atoms with Gasteiger partial charge in [0.05, 0.1) is 12.8 Å². The fourth-order valence-corrected chi connectivity index (χ4v) is 6.32. The van der Waals surface area contributed by atoms with Gasteiger partial charge in [0.1, 0.15) is 30.7 Å². The molecule has 0 aliphatic carbocycles. The number of nitrogens with one attached hydrogen (secondary N) is 1. The first-order valence-electron chi connectivity index (χ1n) is 13.6. The number of carbonyl (C=O) groups is 1. The number of fused-ring (bicyclic) bond motifs is 1. The molecule has 3 heterocycles. The van der Waals surface area contributed by atoms with E-state index < -0.39 is 32.9 Å². The fraction of sp³-hybridized carbons (Fsp3) is 0.519. The molecule has 13 nitrogen and oxygen atoms in total. The van der Waals surface area contributed by atoms with Crippen LogP contribution >= 0.6 is 8.53 Å². The number of hydrogen-bond acceptors (Lipinski definition) is 11. The zero-order valence-corrected chi connectivity index (χ0v) is 25.0. The summed E-state index contributed by atoms with van der Waals surface area (Å²) in [5, 5.41) is 21.5. The first kappa shape index (κ1) is 30.9. The van der Waals surface area contributed by atoms with Crippen molar-refractivity contribution in [3.8, 4) is 0 Å². The Balaban J connectivity index is 1.70. The number of nitrogens with zero attached hydrogens (tertiary/aromatic N) is 6. The van der Waals surface area contributed by atoms with Gasteiger partial charge < -0.3 is 23.7 Å².